The summed E-state index contributed by atoms with van der Waals surface area (Å²) in [6, 6.07) is 9.32. The van der Waals surface area contributed by atoms with E-state index in [2.05, 4.69) is 10.4 Å². The minimum absolute atomic E-state index is 0.0402. The highest BCUT2D eigenvalue weighted by Gasteiger charge is 2.38. The second-order valence-electron chi connectivity index (χ2n) is 7.30. The van der Waals surface area contributed by atoms with Gasteiger partial charge in [0.15, 0.2) is 0 Å². The number of nitrogens with zero attached hydrogens (tertiary/aromatic N) is 4. The van der Waals surface area contributed by atoms with Crippen molar-refractivity contribution in [2.24, 2.45) is 13.0 Å². The van der Waals surface area contributed by atoms with E-state index in [9.17, 15) is 9.59 Å². The topological polar surface area (TPSA) is 70.5 Å². The average Bonchev–Trinajstić information content (AvgIpc) is 3.36. The first-order valence-electron chi connectivity index (χ1n) is 9.46. The minimum atomic E-state index is -0.0643. The number of carbonyl (C=O) groups excluding carboxylic acids is 2. The minimum Gasteiger partial charge on any atom is -0.339 e. The van der Waals surface area contributed by atoms with E-state index in [0.29, 0.717) is 38.3 Å². The number of hydrogen-bond donors (Lipinski definition) is 1. The van der Waals surface area contributed by atoms with E-state index in [0.717, 1.165) is 12.1 Å². The summed E-state index contributed by atoms with van der Waals surface area (Å²) in [5, 5.41) is 7.60. The molecular weight excluding hydrogens is 342 g/mol. The van der Waals surface area contributed by atoms with E-state index in [1.165, 1.54) is 0 Å². The van der Waals surface area contributed by atoms with Crippen molar-refractivity contribution in [3.05, 3.63) is 53.9 Å². The maximum atomic E-state index is 13.1. The number of rotatable bonds is 3. The van der Waals surface area contributed by atoms with Gasteiger partial charge < -0.3 is 15.1 Å². The highest BCUT2D eigenvalue weighted by atomic mass is 16.2. The van der Waals surface area contributed by atoms with Crippen LogP contribution in [-0.4, -0.2) is 70.7 Å². The van der Waals surface area contributed by atoms with Gasteiger partial charge in [0.05, 0.1) is 12.1 Å². The smallest absolute Gasteiger partial charge is 0.253 e. The zero-order chi connectivity index (χ0) is 18.8. The van der Waals surface area contributed by atoms with Crippen molar-refractivity contribution < 1.29 is 9.59 Å². The maximum absolute atomic E-state index is 13.1. The van der Waals surface area contributed by atoms with Gasteiger partial charge in [-0.05, 0) is 17.7 Å². The second kappa shape index (κ2) is 7.52. The standard InChI is InChI=1S/C20H25N5O2/c1-23-14-16(11-22-23)17-12-21-13-18(17)20(27)25-9-7-24(8-10-25)19(26)15-5-3-2-4-6-15/h2-6,11,14,17-18,21H,7-10,12-13H2,1H3/t17-,18+/m1/s1. The molecule has 0 aliphatic carbocycles. The van der Waals surface area contributed by atoms with Gasteiger partial charge in [-0.1, -0.05) is 18.2 Å². The fourth-order valence-electron chi connectivity index (χ4n) is 4.05. The van der Waals surface area contributed by atoms with Gasteiger partial charge in [0.2, 0.25) is 5.91 Å². The quantitative estimate of drug-likeness (QED) is 0.867. The molecule has 142 valence electrons. The SMILES string of the molecule is Cn1cc([C@H]2CNC[C@@H]2C(=O)N2CCN(C(=O)c3ccccc3)CC2)cn1. The molecule has 27 heavy (non-hydrogen) atoms. The summed E-state index contributed by atoms with van der Waals surface area (Å²) < 4.78 is 1.78. The van der Waals surface area contributed by atoms with Crippen molar-refractivity contribution in [2.75, 3.05) is 39.3 Å². The molecule has 2 saturated heterocycles. The Morgan fingerprint density at radius 3 is 2.41 bits per heavy atom. The van der Waals surface area contributed by atoms with Gasteiger partial charge in [-0.2, -0.15) is 5.10 Å². The van der Waals surface area contributed by atoms with Gasteiger partial charge in [-0.15, -0.1) is 0 Å². The van der Waals surface area contributed by atoms with E-state index >= 15 is 0 Å². The summed E-state index contributed by atoms with van der Waals surface area (Å²) in [7, 11) is 1.89. The van der Waals surface area contributed by atoms with Crippen molar-refractivity contribution in [3.63, 3.8) is 0 Å². The van der Waals surface area contributed by atoms with Gasteiger partial charge in [0, 0.05) is 64.0 Å². The molecule has 2 fully saturated rings. The monoisotopic (exact) mass is 367 g/mol. The Morgan fingerprint density at radius 2 is 1.74 bits per heavy atom. The normalized spacial score (nSPS) is 22.9. The zero-order valence-corrected chi connectivity index (χ0v) is 15.5. The predicted octanol–water partition coefficient (Wildman–Crippen LogP) is 0.708. The van der Waals surface area contributed by atoms with Crippen LogP contribution in [0.15, 0.2) is 42.7 Å². The number of aryl methyl sites for hydroxylation is 1. The lowest BCUT2D eigenvalue weighted by atomic mass is 9.89. The van der Waals surface area contributed by atoms with Crippen LogP contribution in [0.3, 0.4) is 0 Å². The van der Waals surface area contributed by atoms with Crippen molar-refractivity contribution >= 4 is 11.8 Å². The zero-order valence-electron chi connectivity index (χ0n) is 15.5. The molecule has 2 aliphatic rings. The Balaban J connectivity index is 1.38. The molecule has 1 aromatic carbocycles. The Kier molecular flexibility index (Phi) is 4.94. The first kappa shape index (κ1) is 17.7. The third kappa shape index (κ3) is 3.60. The lowest BCUT2D eigenvalue weighted by Gasteiger charge is -2.36. The van der Waals surface area contributed by atoms with Crippen LogP contribution in [0.25, 0.3) is 0 Å². The predicted molar refractivity (Wildman–Crippen MR) is 101 cm³/mol. The second-order valence-corrected chi connectivity index (χ2v) is 7.30. The van der Waals surface area contributed by atoms with Crippen molar-refractivity contribution in [1.29, 1.82) is 0 Å². The molecular formula is C20H25N5O2. The Labute approximate surface area is 158 Å². The van der Waals surface area contributed by atoms with E-state index in [1.54, 1.807) is 4.68 Å². The number of amides is 2. The molecule has 1 N–H and O–H groups in total. The highest BCUT2D eigenvalue weighted by Crippen LogP contribution is 2.29. The Bertz CT molecular complexity index is 811. The summed E-state index contributed by atoms with van der Waals surface area (Å²) >= 11 is 0. The van der Waals surface area contributed by atoms with Crippen molar-refractivity contribution in [2.45, 2.75) is 5.92 Å². The average molecular weight is 367 g/mol. The molecule has 0 radical (unpaired) electrons. The van der Waals surface area contributed by atoms with Gasteiger partial charge in [0.25, 0.3) is 5.91 Å². The fourth-order valence-corrected chi connectivity index (χ4v) is 4.05. The lowest BCUT2D eigenvalue weighted by Crippen LogP contribution is -2.52. The fraction of sp³-hybridized carbons (Fsp3) is 0.450. The Morgan fingerprint density at radius 1 is 1.04 bits per heavy atom. The van der Waals surface area contributed by atoms with Crippen LogP contribution in [0.4, 0.5) is 0 Å². The molecule has 4 rings (SSSR count). The van der Waals surface area contributed by atoms with Gasteiger partial charge >= 0.3 is 0 Å². The molecule has 3 heterocycles. The van der Waals surface area contributed by atoms with Gasteiger partial charge in [0.1, 0.15) is 0 Å². The first-order chi connectivity index (χ1) is 13.1. The van der Waals surface area contributed by atoms with Gasteiger partial charge in [-0.3, -0.25) is 14.3 Å². The molecule has 0 saturated carbocycles. The molecule has 2 amide bonds. The third-order valence-corrected chi connectivity index (χ3v) is 5.58. The van der Waals surface area contributed by atoms with Crippen LogP contribution >= 0.6 is 0 Å². The van der Waals surface area contributed by atoms with Crippen LogP contribution in [-0.2, 0) is 11.8 Å². The summed E-state index contributed by atoms with van der Waals surface area (Å²) in [4.78, 5) is 29.4. The van der Waals surface area contributed by atoms with Crippen LogP contribution in [0.2, 0.25) is 0 Å². The van der Waals surface area contributed by atoms with Gasteiger partial charge in [-0.25, -0.2) is 0 Å². The number of piperazine rings is 1. The first-order valence-corrected chi connectivity index (χ1v) is 9.46. The van der Waals surface area contributed by atoms with Crippen LogP contribution in [0.1, 0.15) is 21.8 Å². The number of nitrogens with one attached hydrogen (secondary N) is 1. The van der Waals surface area contributed by atoms with Crippen molar-refractivity contribution in [3.8, 4) is 0 Å². The molecule has 0 unspecified atom stereocenters. The number of benzene rings is 1. The van der Waals surface area contributed by atoms with Crippen LogP contribution in [0.5, 0.6) is 0 Å². The van der Waals surface area contributed by atoms with E-state index in [4.69, 9.17) is 0 Å². The highest BCUT2D eigenvalue weighted by molar-refractivity contribution is 5.94. The number of aromatic nitrogens is 2. The number of hydrogen-bond acceptors (Lipinski definition) is 4. The molecule has 2 atom stereocenters. The summed E-state index contributed by atoms with van der Waals surface area (Å²) in [6.07, 6.45) is 3.85. The summed E-state index contributed by atoms with van der Waals surface area (Å²) in [5.41, 5.74) is 1.81. The molecule has 0 bridgehead atoms. The number of carbonyl (C=O) groups is 2. The van der Waals surface area contributed by atoms with Crippen molar-refractivity contribution in [1.82, 2.24) is 24.9 Å². The molecule has 7 nitrogen and oxygen atoms in total. The molecule has 7 heteroatoms. The maximum Gasteiger partial charge on any atom is 0.253 e. The van der Waals surface area contributed by atoms with E-state index < -0.39 is 0 Å². The molecule has 1 aromatic heterocycles. The molecule has 2 aromatic rings. The van der Waals surface area contributed by atoms with Crippen LogP contribution in [0, 0.1) is 5.92 Å². The summed E-state index contributed by atoms with van der Waals surface area (Å²) in [6.45, 7) is 3.84. The molecule has 0 spiro atoms. The van der Waals surface area contributed by atoms with E-state index in [-0.39, 0.29) is 23.7 Å². The lowest BCUT2D eigenvalue weighted by molar-refractivity contribution is -0.136. The third-order valence-electron chi connectivity index (χ3n) is 5.58. The molecule has 2 aliphatic heterocycles. The van der Waals surface area contributed by atoms with Crippen LogP contribution < -0.4 is 5.32 Å². The van der Waals surface area contributed by atoms with E-state index in [1.807, 2.05) is 59.6 Å². The largest absolute Gasteiger partial charge is 0.339 e. The Hall–Kier alpha value is -2.67. The summed E-state index contributed by atoms with van der Waals surface area (Å²) in [5.74, 6) is 0.319.